The molecule has 0 aliphatic rings. The van der Waals surface area contributed by atoms with E-state index in [1.54, 1.807) is 7.05 Å². The first-order chi connectivity index (χ1) is 3.72. The van der Waals surface area contributed by atoms with Gasteiger partial charge in [0.05, 0.1) is 6.04 Å². The van der Waals surface area contributed by atoms with Gasteiger partial charge in [0.15, 0.2) is 0 Å². The van der Waals surface area contributed by atoms with Gasteiger partial charge in [-0.15, -0.1) is 0 Å². The van der Waals surface area contributed by atoms with E-state index in [0.29, 0.717) is 5.92 Å². The van der Waals surface area contributed by atoms with Crippen LogP contribution in [-0.4, -0.2) is 19.4 Å². The number of carbonyl (C=O) groups excluding carboxylic acids is 1. The predicted octanol–water partition coefficient (Wildman–Crippen LogP) is 0.877. The van der Waals surface area contributed by atoms with E-state index in [1.165, 1.54) is 0 Å². The molecule has 1 N–H and O–H groups in total. The Hall–Kier alpha value is 0.318. The second-order valence-electron chi connectivity index (χ2n) is 2.19. The van der Waals surface area contributed by atoms with Crippen molar-refractivity contribution in [2.24, 2.45) is 5.92 Å². The standard InChI is InChI=1S/C6H13NO.CH3.W/c1-5(2)6(4-8)7-3;;/h4-7H,1-3H3;1H3;/q;-1;. The summed E-state index contributed by atoms with van der Waals surface area (Å²) >= 11 is 0. The summed E-state index contributed by atoms with van der Waals surface area (Å²) in [5, 5.41) is 2.88. The molecular formula is C7H16NOW-. The van der Waals surface area contributed by atoms with Crippen LogP contribution in [-0.2, 0) is 25.9 Å². The molecule has 0 radical (unpaired) electrons. The Balaban J connectivity index is -0.000000245. The van der Waals surface area contributed by atoms with Crippen LogP contribution in [0.1, 0.15) is 13.8 Å². The van der Waals surface area contributed by atoms with Crippen LogP contribution in [0, 0.1) is 13.3 Å². The Labute approximate surface area is 78.0 Å². The van der Waals surface area contributed by atoms with Gasteiger partial charge in [0.1, 0.15) is 6.29 Å². The smallest absolute Gasteiger partial charge is 0.137 e. The van der Waals surface area contributed by atoms with Gasteiger partial charge in [0.25, 0.3) is 0 Å². The number of hydrogen-bond acceptors (Lipinski definition) is 2. The third kappa shape index (κ3) is 6.44. The van der Waals surface area contributed by atoms with Crippen molar-refractivity contribution in [2.75, 3.05) is 7.05 Å². The molecule has 0 spiro atoms. The fraction of sp³-hybridized carbons (Fsp3) is 0.714. The SMILES string of the molecule is CNC(C=O)C(C)C.[CH3-].[W]. The number of hydrogen-bond donors (Lipinski definition) is 1. The zero-order chi connectivity index (χ0) is 6.57. The van der Waals surface area contributed by atoms with Crippen LogP contribution in [0.5, 0.6) is 0 Å². The third-order valence-electron chi connectivity index (χ3n) is 1.20. The quantitative estimate of drug-likeness (QED) is 0.619. The van der Waals surface area contributed by atoms with Gasteiger partial charge >= 0.3 is 0 Å². The van der Waals surface area contributed by atoms with Crippen molar-refractivity contribution >= 4 is 6.29 Å². The molecule has 0 aliphatic heterocycles. The monoisotopic (exact) mass is 314 g/mol. The summed E-state index contributed by atoms with van der Waals surface area (Å²) in [5.41, 5.74) is 0. The topological polar surface area (TPSA) is 29.1 Å². The second-order valence-corrected chi connectivity index (χ2v) is 2.19. The van der Waals surface area contributed by atoms with Crippen molar-refractivity contribution in [1.82, 2.24) is 5.32 Å². The third-order valence-corrected chi connectivity index (χ3v) is 1.20. The number of carbonyl (C=O) groups is 1. The molecule has 3 heteroatoms. The minimum atomic E-state index is 0. The molecule has 10 heavy (non-hydrogen) atoms. The molecule has 0 aliphatic carbocycles. The molecular weight excluding hydrogens is 298 g/mol. The summed E-state index contributed by atoms with van der Waals surface area (Å²) in [6.07, 6.45) is 0.935. The normalized spacial score (nSPS) is 11.2. The maximum absolute atomic E-state index is 10.1. The first-order valence-electron chi connectivity index (χ1n) is 2.85. The van der Waals surface area contributed by atoms with E-state index in [2.05, 4.69) is 5.32 Å². The average molecular weight is 314 g/mol. The minimum Gasteiger partial charge on any atom is -0.358 e. The molecule has 1 unspecified atom stereocenters. The molecule has 0 saturated heterocycles. The van der Waals surface area contributed by atoms with Crippen LogP contribution in [0.2, 0.25) is 0 Å². The molecule has 0 aromatic rings. The van der Waals surface area contributed by atoms with Gasteiger partial charge in [-0.25, -0.2) is 0 Å². The number of nitrogens with one attached hydrogen (secondary N) is 1. The summed E-state index contributed by atoms with van der Waals surface area (Å²) in [5.74, 6) is 0.400. The van der Waals surface area contributed by atoms with E-state index < -0.39 is 0 Å². The molecule has 2 nitrogen and oxygen atoms in total. The van der Waals surface area contributed by atoms with E-state index in [1.807, 2.05) is 13.8 Å². The van der Waals surface area contributed by atoms with Gasteiger partial charge in [0.2, 0.25) is 0 Å². The molecule has 0 rings (SSSR count). The van der Waals surface area contributed by atoms with Crippen LogP contribution in [0.4, 0.5) is 0 Å². The first kappa shape index (κ1) is 16.7. The summed E-state index contributed by atoms with van der Waals surface area (Å²) in [4.78, 5) is 10.1. The van der Waals surface area contributed by atoms with Gasteiger partial charge in [-0.3, -0.25) is 0 Å². The van der Waals surface area contributed by atoms with E-state index in [9.17, 15) is 4.79 Å². The Morgan fingerprint density at radius 2 is 1.80 bits per heavy atom. The van der Waals surface area contributed by atoms with Gasteiger partial charge in [-0.05, 0) is 13.0 Å². The van der Waals surface area contributed by atoms with Crippen LogP contribution < -0.4 is 5.32 Å². The van der Waals surface area contributed by atoms with Crippen molar-refractivity contribution in [2.45, 2.75) is 19.9 Å². The van der Waals surface area contributed by atoms with Crippen LogP contribution in [0.15, 0.2) is 0 Å². The van der Waals surface area contributed by atoms with Gasteiger partial charge in [-0.2, -0.15) is 0 Å². The van der Waals surface area contributed by atoms with E-state index in [4.69, 9.17) is 0 Å². The molecule has 0 bridgehead atoms. The maximum atomic E-state index is 10.1. The van der Waals surface area contributed by atoms with Gasteiger partial charge in [0, 0.05) is 21.1 Å². The molecule has 62 valence electrons. The Kier molecular flexibility index (Phi) is 15.6. The molecule has 0 heterocycles. The zero-order valence-electron chi connectivity index (χ0n) is 7.05. The molecule has 0 aromatic heterocycles. The molecule has 1 atom stereocenters. The molecule has 0 saturated carbocycles. The molecule has 0 amide bonds. The largest absolute Gasteiger partial charge is 0.358 e. The number of rotatable bonds is 3. The number of aldehydes is 1. The van der Waals surface area contributed by atoms with Crippen LogP contribution >= 0.6 is 0 Å². The van der Waals surface area contributed by atoms with Crippen molar-refractivity contribution in [3.05, 3.63) is 7.43 Å². The fourth-order valence-electron chi connectivity index (χ4n) is 0.559. The predicted molar refractivity (Wildman–Crippen MR) is 40.2 cm³/mol. The van der Waals surface area contributed by atoms with Crippen molar-refractivity contribution in [3.63, 3.8) is 0 Å². The first-order valence-corrected chi connectivity index (χ1v) is 2.85. The van der Waals surface area contributed by atoms with E-state index >= 15 is 0 Å². The van der Waals surface area contributed by atoms with Crippen molar-refractivity contribution < 1.29 is 25.9 Å². The summed E-state index contributed by atoms with van der Waals surface area (Å²) in [6, 6.07) is 0.0231. The van der Waals surface area contributed by atoms with Crippen LogP contribution in [0.3, 0.4) is 0 Å². The maximum Gasteiger partial charge on any atom is 0.137 e. The second kappa shape index (κ2) is 9.32. The van der Waals surface area contributed by atoms with E-state index in [-0.39, 0.29) is 34.5 Å². The van der Waals surface area contributed by atoms with Crippen molar-refractivity contribution in [1.29, 1.82) is 0 Å². The van der Waals surface area contributed by atoms with E-state index in [0.717, 1.165) is 6.29 Å². The average Bonchev–Trinajstić information content (AvgIpc) is 1.69. The summed E-state index contributed by atoms with van der Waals surface area (Å²) < 4.78 is 0. The fourth-order valence-corrected chi connectivity index (χ4v) is 0.559. The summed E-state index contributed by atoms with van der Waals surface area (Å²) in [6.45, 7) is 4.02. The van der Waals surface area contributed by atoms with Crippen LogP contribution in [0.25, 0.3) is 0 Å². The zero-order valence-corrected chi connectivity index (χ0v) is 9.98. The Bertz CT molecular complexity index is 76.0. The number of likely N-dealkylation sites (N-methyl/N-ethyl adjacent to an activating group) is 1. The molecule has 0 aromatic carbocycles. The molecule has 0 fully saturated rings. The minimum absolute atomic E-state index is 0. The van der Waals surface area contributed by atoms with Crippen molar-refractivity contribution in [3.8, 4) is 0 Å². The van der Waals surface area contributed by atoms with Gasteiger partial charge < -0.3 is 17.5 Å². The summed E-state index contributed by atoms with van der Waals surface area (Å²) in [7, 11) is 1.79. The Morgan fingerprint density at radius 1 is 1.40 bits per heavy atom. The Morgan fingerprint density at radius 3 is 1.80 bits per heavy atom. The van der Waals surface area contributed by atoms with Gasteiger partial charge in [-0.1, -0.05) is 13.8 Å².